The topological polar surface area (TPSA) is 42.3 Å². The van der Waals surface area contributed by atoms with Gasteiger partial charge < -0.3 is 4.57 Å². The molecule has 0 atom stereocenters. The summed E-state index contributed by atoms with van der Waals surface area (Å²) < 4.78 is 1.99. The van der Waals surface area contributed by atoms with E-state index in [9.17, 15) is 9.59 Å². The molecule has 0 N–H and O–H groups in total. The van der Waals surface area contributed by atoms with E-state index in [-0.39, 0.29) is 11.1 Å². The minimum absolute atomic E-state index is 0.180. The number of carbonyl (C=O) groups is 2. The van der Waals surface area contributed by atoms with Crippen molar-refractivity contribution in [1.29, 1.82) is 0 Å². The standard InChI is InChI=1S/C17H16N2O2S/c1-2-9-19-16(20)15(22-17(19)21)11-13-8-10-18(12-13)14-6-4-3-5-7-14/h3-8,10-12H,2,9H2,1H3/b15-11+. The SMILES string of the molecule is CCCN1C(=O)S/C(=C/c2ccn(-c3ccccc3)c2)C1=O. The molecule has 1 aliphatic rings. The zero-order valence-corrected chi connectivity index (χ0v) is 13.0. The maximum Gasteiger partial charge on any atom is 0.293 e. The number of carbonyl (C=O) groups excluding carboxylic acids is 2. The number of hydrogen-bond acceptors (Lipinski definition) is 3. The summed E-state index contributed by atoms with van der Waals surface area (Å²) in [7, 11) is 0. The van der Waals surface area contributed by atoms with Gasteiger partial charge in [0.25, 0.3) is 11.1 Å². The van der Waals surface area contributed by atoms with Gasteiger partial charge in [-0.2, -0.15) is 0 Å². The van der Waals surface area contributed by atoms with Gasteiger partial charge in [0.05, 0.1) is 4.91 Å². The zero-order valence-electron chi connectivity index (χ0n) is 12.2. The minimum Gasteiger partial charge on any atom is -0.323 e. The van der Waals surface area contributed by atoms with Crippen LogP contribution in [0, 0.1) is 0 Å². The van der Waals surface area contributed by atoms with E-state index < -0.39 is 0 Å². The molecule has 5 heteroatoms. The Kier molecular flexibility index (Phi) is 4.15. The van der Waals surface area contributed by atoms with Crippen molar-refractivity contribution in [2.24, 2.45) is 0 Å². The first-order valence-corrected chi connectivity index (χ1v) is 7.99. The summed E-state index contributed by atoms with van der Waals surface area (Å²) in [4.78, 5) is 25.8. The largest absolute Gasteiger partial charge is 0.323 e. The molecule has 0 unspecified atom stereocenters. The highest BCUT2D eigenvalue weighted by atomic mass is 32.2. The Morgan fingerprint density at radius 1 is 1.14 bits per heavy atom. The van der Waals surface area contributed by atoms with Gasteiger partial charge in [-0.05, 0) is 48.0 Å². The second kappa shape index (κ2) is 6.23. The van der Waals surface area contributed by atoms with Crippen molar-refractivity contribution in [3.8, 4) is 5.69 Å². The van der Waals surface area contributed by atoms with Crippen molar-refractivity contribution in [2.45, 2.75) is 13.3 Å². The van der Waals surface area contributed by atoms with Crippen LogP contribution in [0.2, 0.25) is 0 Å². The lowest BCUT2D eigenvalue weighted by molar-refractivity contribution is -0.122. The Morgan fingerprint density at radius 3 is 2.64 bits per heavy atom. The number of para-hydroxylation sites is 1. The maximum atomic E-state index is 12.2. The third-order valence-corrected chi connectivity index (χ3v) is 4.30. The smallest absolute Gasteiger partial charge is 0.293 e. The lowest BCUT2D eigenvalue weighted by atomic mass is 10.3. The Morgan fingerprint density at radius 2 is 1.91 bits per heavy atom. The van der Waals surface area contributed by atoms with Gasteiger partial charge in [0.2, 0.25) is 0 Å². The van der Waals surface area contributed by atoms with E-state index in [0.717, 1.165) is 29.4 Å². The normalized spacial score (nSPS) is 16.8. The summed E-state index contributed by atoms with van der Waals surface area (Å²) in [5.74, 6) is -0.190. The molecule has 1 aromatic heterocycles. The summed E-state index contributed by atoms with van der Waals surface area (Å²) in [5.41, 5.74) is 1.96. The van der Waals surface area contributed by atoms with Gasteiger partial charge in [0, 0.05) is 24.6 Å². The molecular formula is C17H16N2O2S. The van der Waals surface area contributed by atoms with Gasteiger partial charge in [0.1, 0.15) is 0 Å². The highest BCUT2D eigenvalue weighted by Gasteiger charge is 2.34. The molecule has 1 aromatic carbocycles. The summed E-state index contributed by atoms with van der Waals surface area (Å²) in [6, 6.07) is 11.9. The van der Waals surface area contributed by atoms with Crippen LogP contribution in [0.25, 0.3) is 11.8 Å². The molecule has 0 aliphatic carbocycles. The van der Waals surface area contributed by atoms with Crippen LogP contribution >= 0.6 is 11.8 Å². The van der Waals surface area contributed by atoms with E-state index in [0.29, 0.717) is 11.4 Å². The number of rotatable bonds is 4. The van der Waals surface area contributed by atoms with Gasteiger partial charge in [-0.15, -0.1) is 0 Å². The zero-order chi connectivity index (χ0) is 15.5. The van der Waals surface area contributed by atoms with Gasteiger partial charge in [-0.25, -0.2) is 0 Å². The summed E-state index contributed by atoms with van der Waals surface area (Å²) in [6.45, 7) is 2.43. The van der Waals surface area contributed by atoms with Gasteiger partial charge in [-0.3, -0.25) is 14.5 Å². The van der Waals surface area contributed by atoms with E-state index in [2.05, 4.69) is 0 Å². The fraction of sp³-hybridized carbons (Fsp3) is 0.176. The molecule has 3 rings (SSSR count). The first kappa shape index (κ1) is 14.7. The highest BCUT2D eigenvalue weighted by molar-refractivity contribution is 8.18. The molecule has 2 heterocycles. The van der Waals surface area contributed by atoms with Crippen LogP contribution in [-0.4, -0.2) is 27.2 Å². The third kappa shape index (κ3) is 2.85. The van der Waals surface area contributed by atoms with Crippen molar-refractivity contribution in [3.05, 3.63) is 59.3 Å². The summed E-state index contributed by atoms with van der Waals surface area (Å²) in [5, 5.41) is -0.180. The van der Waals surface area contributed by atoms with Crippen LogP contribution in [-0.2, 0) is 4.79 Å². The second-order valence-corrected chi connectivity index (χ2v) is 6.01. The van der Waals surface area contributed by atoms with E-state index in [1.165, 1.54) is 4.90 Å². The average Bonchev–Trinajstić information content (AvgIpc) is 3.09. The van der Waals surface area contributed by atoms with Crippen molar-refractivity contribution in [2.75, 3.05) is 6.54 Å². The van der Waals surface area contributed by atoms with Crippen LogP contribution in [0.3, 0.4) is 0 Å². The van der Waals surface area contributed by atoms with E-state index in [1.54, 1.807) is 6.08 Å². The van der Waals surface area contributed by atoms with Gasteiger partial charge in [-0.1, -0.05) is 25.1 Å². The lowest BCUT2D eigenvalue weighted by Gasteiger charge is -2.09. The van der Waals surface area contributed by atoms with Crippen molar-refractivity contribution in [3.63, 3.8) is 0 Å². The van der Waals surface area contributed by atoms with Crippen molar-refractivity contribution >= 4 is 29.0 Å². The van der Waals surface area contributed by atoms with Gasteiger partial charge >= 0.3 is 0 Å². The first-order chi connectivity index (χ1) is 10.7. The Balaban J connectivity index is 1.83. The lowest BCUT2D eigenvalue weighted by Crippen LogP contribution is -2.28. The molecule has 1 aliphatic heterocycles. The molecule has 0 spiro atoms. The molecule has 0 saturated carbocycles. The van der Waals surface area contributed by atoms with E-state index >= 15 is 0 Å². The molecule has 112 valence electrons. The van der Waals surface area contributed by atoms with Crippen molar-refractivity contribution in [1.82, 2.24) is 9.47 Å². The van der Waals surface area contributed by atoms with Crippen LogP contribution in [0.15, 0.2) is 53.7 Å². The van der Waals surface area contributed by atoms with Crippen LogP contribution in [0.1, 0.15) is 18.9 Å². The molecule has 1 fully saturated rings. The van der Waals surface area contributed by atoms with E-state index in [1.807, 2.05) is 60.3 Å². The molecule has 2 amide bonds. The quantitative estimate of drug-likeness (QED) is 0.804. The first-order valence-electron chi connectivity index (χ1n) is 7.18. The number of nitrogens with zero attached hydrogens (tertiary/aromatic N) is 2. The Hall–Kier alpha value is -2.27. The fourth-order valence-electron chi connectivity index (χ4n) is 2.33. The van der Waals surface area contributed by atoms with Crippen LogP contribution < -0.4 is 0 Å². The number of aromatic nitrogens is 1. The van der Waals surface area contributed by atoms with Gasteiger partial charge in [0.15, 0.2) is 0 Å². The predicted molar refractivity (Wildman–Crippen MR) is 88.7 cm³/mol. The molecule has 2 aromatic rings. The molecule has 22 heavy (non-hydrogen) atoms. The molecule has 0 bridgehead atoms. The van der Waals surface area contributed by atoms with E-state index in [4.69, 9.17) is 0 Å². The highest BCUT2D eigenvalue weighted by Crippen LogP contribution is 2.32. The average molecular weight is 312 g/mol. The third-order valence-electron chi connectivity index (χ3n) is 3.39. The number of amides is 2. The fourth-order valence-corrected chi connectivity index (χ4v) is 3.19. The summed E-state index contributed by atoms with van der Waals surface area (Å²) >= 11 is 1.01. The van der Waals surface area contributed by atoms with Crippen LogP contribution in [0.5, 0.6) is 0 Å². The Bertz CT molecular complexity index is 734. The maximum absolute atomic E-state index is 12.2. The summed E-state index contributed by atoms with van der Waals surface area (Å²) in [6.07, 6.45) is 6.44. The minimum atomic E-state index is -0.190. The molecular weight excluding hydrogens is 296 g/mol. The predicted octanol–water partition coefficient (Wildman–Crippen LogP) is 3.92. The number of thioether (sulfide) groups is 1. The molecule has 1 saturated heterocycles. The Labute approximate surface area is 133 Å². The number of imide groups is 1. The number of benzene rings is 1. The second-order valence-electron chi connectivity index (χ2n) is 5.02. The van der Waals surface area contributed by atoms with Crippen molar-refractivity contribution < 1.29 is 9.59 Å². The molecule has 4 nitrogen and oxygen atoms in total. The van der Waals surface area contributed by atoms with Crippen LogP contribution in [0.4, 0.5) is 4.79 Å². The number of hydrogen-bond donors (Lipinski definition) is 0. The molecule has 0 radical (unpaired) electrons. The monoisotopic (exact) mass is 312 g/mol.